The van der Waals surface area contributed by atoms with Gasteiger partial charge >= 0.3 is 0 Å². The lowest BCUT2D eigenvalue weighted by molar-refractivity contribution is -0.697. The Morgan fingerprint density at radius 2 is 1.81 bits per heavy atom. The van der Waals surface area contributed by atoms with E-state index in [1.807, 2.05) is 44.4 Å². The molecule has 48 heavy (non-hydrogen) atoms. The number of aliphatic hydroxyl groups is 1. The topological polar surface area (TPSA) is 81.0 Å². The molecule has 3 aromatic carbocycles. The molecule has 5 rings (SSSR count). The number of carbonyl (C=O) groups excluding carboxylic acids is 1. The minimum atomic E-state index is -0.571. The Morgan fingerprint density at radius 1 is 1.02 bits per heavy atom. The van der Waals surface area contributed by atoms with Gasteiger partial charge in [-0.25, -0.2) is 4.57 Å². The fourth-order valence-electron chi connectivity index (χ4n) is 5.92. The Morgan fingerprint density at radius 3 is 2.65 bits per heavy atom. The van der Waals surface area contributed by atoms with Crippen molar-refractivity contribution in [1.82, 2.24) is 15.5 Å². The van der Waals surface area contributed by atoms with Crippen molar-refractivity contribution in [2.45, 2.75) is 38.3 Å². The summed E-state index contributed by atoms with van der Waals surface area (Å²) in [7, 11) is 4.02. The van der Waals surface area contributed by atoms with Gasteiger partial charge in [-0.05, 0) is 67.2 Å². The zero-order valence-electron chi connectivity index (χ0n) is 28.9. The van der Waals surface area contributed by atoms with Crippen LogP contribution in [-0.4, -0.2) is 82.0 Å². The quantitative estimate of drug-likeness (QED) is 0.0849. The van der Waals surface area contributed by atoms with Crippen LogP contribution in [0.25, 0.3) is 22.9 Å². The summed E-state index contributed by atoms with van der Waals surface area (Å²) in [5.41, 5.74) is 4.97. The second kappa shape index (κ2) is 18.9. The van der Waals surface area contributed by atoms with Gasteiger partial charge in [0.1, 0.15) is 25.0 Å². The molecule has 1 aliphatic rings. The largest absolute Gasteiger partial charge is 0.490 e. The summed E-state index contributed by atoms with van der Waals surface area (Å²) in [5.74, 6) is 0.922. The number of benzene rings is 3. The second-order valence-electron chi connectivity index (χ2n) is 12.6. The summed E-state index contributed by atoms with van der Waals surface area (Å²) in [4.78, 5) is 16.7. The third-order valence-electron chi connectivity index (χ3n) is 8.52. The number of likely N-dealkylation sites (N-methyl/N-ethyl adjacent to an activating group) is 1. The van der Waals surface area contributed by atoms with Gasteiger partial charge in [0.05, 0.1) is 0 Å². The molecule has 1 aliphatic heterocycles. The summed E-state index contributed by atoms with van der Waals surface area (Å²) in [6, 6.07) is 25.1. The maximum absolute atomic E-state index is 12.3. The standard InChI is InChI=1S/C39H49N5O3.CH3/c1-42(2)27-21-41-39(46)19-26-44-23-6-10-34-28-32(15-16-37(34)44)14-13-31-17-24-43(25-18-31)22-7-20-40-29-35(45)30-47-38-12-5-9-33-8-3-4-11-36(33)38;/h3-5,8-9,11-18,24-25,28,35,40,45H,6-7,10,19-23,26-27,29-30H2,1-2H3;1H3/q;-1/p+1. The molecule has 1 aromatic heterocycles. The van der Waals surface area contributed by atoms with Crippen molar-refractivity contribution < 1.29 is 19.2 Å². The van der Waals surface area contributed by atoms with Crippen LogP contribution in [-0.2, 0) is 17.8 Å². The van der Waals surface area contributed by atoms with Crippen LogP contribution in [0.1, 0.15) is 36.0 Å². The van der Waals surface area contributed by atoms with E-state index in [9.17, 15) is 9.90 Å². The van der Waals surface area contributed by atoms with Crippen LogP contribution in [0.4, 0.5) is 5.69 Å². The third-order valence-corrected chi connectivity index (χ3v) is 8.52. The predicted molar refractivity (Wildman–Crippen MR) is 198 cm³/mol. The Kier molecular flexibility index (Phi) is 14.4. The molecule has 0 fully saturated rings. The maximum Gasteiger partial charge on any atom is 0.221 e. The van der Waals surface area contributed by atoms with Crippen LogP contribution in [0.5, 0.6) is 5.75 Å². The third kappa shape index (κ3) is 11.2. The summed E-state index contributed by atoms with van der Waals surface area (Å²) >= 11 is 0. The van der Waals surface area contributed by atoms with E-state index in [4.69, 9.17) is 4.74 Å². The zero-order chi connectivity index (χ0) is 32.8. The number of nitrogens with one attached hydrogen (secondary N) is 2. The Bertz CT molecular complexity index is 1600. The summed E-state index contributed by atoms with van der Waals surface area (Å²) in [6.45, 7) is 5.76. The van der Waals surface area contributed by atoms with Gasteiger partial charge in [-0.15, -0.1) is 0 Å². The van der Waals surface area contributed by atoms with E-state index < -0.39 is 6.10 Å². The molecule has 4 aromatic rings. The molecule has 2 heterocycles. The number of hydrogen-bond acceptors (Lipinski definition) is 6. The molecule has 256 valence electrons. The van der Waals surface area contributed by atoms with Gasteiger partial charge in [-0.2, -0.15) is 0 Å². The number of pyridine rings is 1. The van der Waals surface area contributed by atoms with Crippen LogP contribution < -0.4 is 24.8 Å². The normalized spacial score (nSPS) is 13.4. The number of hydrogen-bond donors (Lipinski definition) is 3. The van der Waals surface area contributed by atoms with Crippen molar-refractivity contribution in [3.05, 3.63) is 109 Å². The highest BCUT2D eigenvalue weighted by Gasteiger charge is 2.18. The van der Waals surface area contributed by atoms with Crippen LogP contribution in [0.2, 0.25) is 0 Å². The lowest BCUT2D eigenvalue weighted by atomic mass is 9.98. The van der Waals surface area contributed by atoms with E-state index in [2.05, 4.69) is 92.0 Å². The van der Waals surface area contributed by atoms with Crippen LogP contribution >= 0.6 is 0 Å². The molecule has 0 aliphatic carbocycles. The number of anilines is 1. The van der Waals surface area contributed by atoms with Crippen molar-refractivity contribution in [2.75, 3.05) is 64.9 Å². The fourth-order valence-corrected chi connectivity index (χ4v) is 5.92. The minimum Gasteiger partial charge on any atom is -0.490 e. The highest BCUT2D eigenvalue weighted by Crippen LogP contribution is 2.29. The maximum atomic E-state index is 12.3. The van der Waals surface area contributed by atoms with E-state index in [1.165, 1.54) is 16.8 Å². The van der Waals surface area contributed by atoms with Crippen molar-refractivity contribution >= 4 is 34.5 Å². The number of aromatic nitrogens is 1. The van der Waals surface area contributed by atoms with E-state index in [-0.39, 0.29) is 19.9 Å². The lowest BCUT2D eigenvalue weighted by Crippen LogP contribution is -2.36. The van der Waals surface area contributed by atoms with Gasteiger partial charge in [0.15, 0.2) is 12.4 Å². The van der Waals surface area contributed by atoms with Crippen molar-refractivity contribution in [1.29, 1.82) is 0 Å². The van der Waals surface area contributed by atoms with Crippen LogP contribution in [0, 0.1) is 7.43 Å². The average Bonchev–Trinajstić information content (AvgIpc) is 3.09. The van der Waals surface area contributed by atoms with Crippen LogP contribution in [0.15, 0.2) is 85.2 Å². The van der Waals surface area contributed by atoms with Crippen molar-refractivity contribution in [2.24, 2.45) is 0 Å². The van der Waals surface area contributed by atoms with Gasteiger partial charge in [0.2, 0.25) is 5.91 Å². The Labute approximate surface area is 287 Å². The van der Waals surface area contributed by atoms with Crippen LogP contribution in [0.3, 0.4) is 0 Å². The molecule has 1 unspecified atom stereocenters. The molecule has 1 amide bonds. The van der Waals surface area contributed by atoms with Gasteiger partial charge in [-0.3, -0.25) is 4.79 Å². The molecular formula is C40H53N5O3. The molecular weight excluding hydrogens is 598 g/mol. The van der Waals surface area contributed by atoms with E-state index >= 15 is 0 Å². The van der Waals surface area contributed by atoms with Crippen molar-refractivity contribution in [3.63, 3.8) is 0 Å². The minimum absolute atomic E-state index is 0. The number of aryl methyl sites for hydroxylation is 2. The summed E-state index contributed by atoms with van der Waals surface area (Å²) < 4.78 is 8.10. The predicted octanol–water partition coefficient (Wildman–Crippen LogP) is 4.99. The second-order valence-corrected chi connectivity index (χ2v) is 12.6. The van der Waals surface area contributed by atoms with E-state index in [0.29, 0.717) is 19.5 Å². The summed E-state index contributed by atoms with van der Waals surface area (Å²) in [5, 5.41) is 19.0. The number of nitrogens with zero attached hydrogens (tertiary/aromatic N) is 3. The molecule has 0 radical (unpaired) electrons. The number of aliphatic hydroxyl groups excluding tert-OH is 1. The molecule has 3 N–H and O–H groups in total. The van der Waals surface area contributed by atoms with Gasteiger partial charge < -0.3 is 37.7 Å². The number of amides is 1. The molecule has 0 saturated heterocycles. The first-order chi connectivity index (χ1) is 22.9. The monoisotopic (exact) mass is 651 g/mol. The lowest BCUT2D eigenvalue weighted by Gasteiger charge is -2.31. The molecule has 0 saturated carbocycles. The van der Waals surface area contributed by atoms with Gasteiger partial charge in [0, 0.05) is 75.3 Å². The highest BCUT2D eigenvalue weighted by molar-refractivity contribution is 5.88. The highest BCUT2D eigenvalue weighted by atomic mass is 16.5. The molecule has 0 spiro atoms. The average molecular weight is 652 g/mol. The van der Waals surface area contributed by atoms with E-state index in [1.54, 1.807) is 0 Å². The zero-order valence-corrected chi connectivity index (χ0v) is 28.9. The molecule has 8 nitrogen and oxygen atoms in total. The molecule has 1 atom stereocenters. The van der Waals surface area contributed by atoms with Crippen molar-refractivity contribution in [3.8, 4) is 5.75 Å². The Hall–Kier alpha value is -4.24. The number of carbonyl (C=O) groups is 1. The summed E-state index contributed by atoms with van der Waals surface area (Å²) in [6.07, 6.45) is 11.7. The fraction of sp³-hybridized carbons (Fsp3) is 0.375. The number of ether oxygens (including phenoxy) is 1. The van der Waals surface area contributed by atoms with Gasteiger partial charge in [0.25, 0.3) is 0 Å². The van der Waals surface area contributed by atoms with E-state index in [0.717, 1.165) is 74.1 Å². The molecule has 8 heteroatoms. The number of rotatable bonds is 17. The Balaban J connectivity index is 0.00000520. The molecule has 0 bridgehead atoms. The van der Waals surface area contributed by atoms with Gasteiger partial charge in [-0.1, -0.05) is 54.6 Å². The SMILES string of the molecule is CN(C)CCNC(=O)CCN1CCCc2cc(C=Cc3cc[n+](CCCNCC(O)COc4cccc5ccccc45)cc3)ccc21.[CH3-]. The first kappa shape index (κ1) is 36.6. The first-order valence-corrected chi connectivity index (χ1v) is 16.9. The smallest absolute Gasteiger partial charge is 0.221 e. The number of fused-ring (bicyclic) bond motifs is 2. The first-order valence-electron chi connectivity index (χ1n) is 16.9.